The van der Waals surface area contributed by atoms with Crippen LogP contribution in [-0.4, -0.2) is 32.7 Å². The minimum absolute atomic E-state index is 0.246. The van der Waals surface area contributed by atoms with Crippen molar-refractivity contribution >= 4 is 15.7 Å². The molecule has 0 fully saturated rings. The summed E-state index contributed by atoms with van der Waals surface area (Å²) >= 11 is 0. The van der Waals surface area contributed by atoms with E-state index in [1.54, 1.807) is 31.2 Å². The van der Waals surface area contributed by atoms with Crippen LogP contribution in [0, 0.1) is 5.92 Å². The third-order valence-electron chi connectivity index (χ3n) is 3.61. The Morgan fingerprint density at radius 1 is 1.10 bits per heavy atom. The fourth-order valence-corrected chi connectivity index (χ4v) is 3.29. The molecule has 5 nitrogen and oxygen atoms in total. The molecule has 1 rings (SSSR count). The van der Waals surface area contributed by atoms with Crippen LogP contribution in [0.15, 0.2) is 29.2 Å². The van der Waals surface area contributed by atoms with E-state index in [0.29, 0.717) is 13.1 Å². The van der Waals surface area contributed by atoms with E-state index in [4.69, 9.17) is 0 Å². The molecule has 0 aliphatic carbocycles. The number of hydrogen-bond acceptors (Lipinski definition) is 4. The van der Waals surface area contributed by atoms with Crippen molar-refractivity contribution in [2.75, 3.05) is 18.4 Å². The number of aliphatic hydroxyl groups excluding tert-OH is 1. The summed E-state index contributed by atoms with van der Waals surface area (Å²) in [7, 11) is -3.41. The van der Waals surface area contributed by atoms with Gasteiger partial charge in [0.05, 0.1) is 11.0 Å². The summed E-state index contributed by atoms with van der Waals surface area (Å²) < 4.78 is 26.1. The van der Waals surface area contributed by atoms with Gasteiger partial charge in [-0.2, -0.15) is 0 Å². The second-order valence-corrected chi connectivity index (χ2v) is 6.82. The van der Waals surface area contributed by atoms with Crippen molar-refractivity contribution in [2.45, 2.75) is 44.6 Å². The molecule has 0 aliphatic heterocycles. The zero-order valence-electron chi connectivity index (χ0n) is 13.0. The Bertz CT molecular complexity index is 510. The largest absolute Gasteiger partial charge is 0.391 e. The standard InChI is InChI=1S/C15H26N2O3S/c1-4-12(5-2)15(18)11-16-13-7-9-14(10-8-13)21(19,20)17-6-3/h7-10,12,15-18H,4-6,11H2,1-3H3. The molecule has 0 bridgehead atoms. The third kappa shape index (κ3) is 5.30. The Kier molecular flexibility index (Phi) is 7.14. The molecule has 1 atom stereocenters. The SMILES string of the molecule is CCNS(=O)(=O)c1ccc(NCC(O)C(CC)CC)cc1. The Labute approximate surface area is 127 Å². The molecule has 0 heterocycles. The van der Waals surface area contributed by atoms with Crippen LogP contribution in [0.3, 0.4) is 0 Å². The number of nitrogens with one attached hydrogen (secondary N) is 2. The molecule has 3 N–H and O–H groups in total. The van der Waals surface area contributed by atoms with Crippen molar-refractivity contribution in [2.24, 2.45) is 5.92 Å². The fourth-order valence-electron chi connectivity index (χ4n) is 2.25. The molecule has 21 heavy (non-hydrogen) atoms. The van der Waals surface area contributed by atoms with E-state index in [-0.39, 0.29) is 10.8 Å². The Morgan fingerprint density at radius 3 is 2.14 bits per heavy atom. The molecule has 1 aromatic rings. The summed E-state index contributed by atoms with van der Waals surface area (Å²) in [6, 6.07) is 6.54. The van der Waals surface area contributed by atoms with Gasteiger partial charge in [-0.15, -0.1) is 0 Å². The second-order valence-electron chi connectivity index (χ2n) is 5.05. The predicted octanol–water partition coefficient (Wildman–Crippen LogP) is 2.19. The van der Waals surface area contributed by atoms with Crippen molar-refractivity contribution < 1.29 is 13.5 Å². The second kappa shape index (κ2) is 8.36. The summed E-state index contributed by atoms with van der Waals surface area (Å²) in [5, 5.41) is 13.2. The highest BCUT2D eigenvalue weighted by Gasteiger charge is 2.15. The molecule has 0 radical (unpaired) electrons. The summed E-state index contributed by atoms with van der Waals surface area (Å²) in [5.74, 6) is 0.283. The van der Waals surface area contributed by atoms with Crippen LogP contribution in [0.2, 0.25) is 0 Å². The monoisotopic (exact) mass is 314 g/mol. The van der Waals surface area contributed by atoms with E-state index < -0.39 is 16.1 Å². The van der Waals surface area contributed by atoms with Crippen LogP contribution in [-0.2, 0) is 10.0 Å². The van der Waals surface area contributed by atoms with Gasteiger partial charge in [0.2, 0.25) is 10.0 Å². The fraction of sp³-hybridized carbons (Fsp3) is 0.600. The normalized spacial score (nSPS) is 13.4. The lowest BCUT2D eigenvalue weighted by atomic mass is 9.96. The first-order valence-corrected chi connectivity index (χ1v) is 8.94. The number of anilines is 1. The van der Waals surface area contributed by atoms with Crippen LogP contribution in [0.25, 0.3) is 0 Å². The van der Waals surface area contributed by atoms with Crippen LogP contribution in [0.5, 0.6) is 0 Å². The van der Waals surface area contributed by atoms with Crippen LogP contribution >= 0.6 is 0 Å². The molecule has 0 saturated carbocycles. The summed E-state index contributed by atoms with van der Waals surface area (Å²) in [5.41, 5.74) is 0.801. The van der Waals surface area contributed by atoms with E-state index in [1.165, 1.54) is 0 Å². The van der Waals surface area contributed by atoms with Crippen molar-refractivity contribution in [3.8, 4) is 0 Å². The number of aliphatic hydroxyl groups is 1. The average Bonchev–Trinajstić information content (AvgIpc) is 2.47. The zero-order chi connectivity index (χ0) is 15.9. The predicted molar refractivity (Wildman–Crippen MR) is 85.9 cm³/mol. The Morgan fingerprint density at radius 2 is 1.67 bits per heavy atom. The lowest BCUT2D eigenvalue weighted by Gasteiger charge is -2.20. The first-order valence-electron chi connectivity index (χ1n) is 7.46. The highest BCUT2D eigenvalue weighted by molar-refractivity contribution is 7.89. The number of rotatable bonds is 9. The molecular formula is C15H26N2O3S. The van der Waals surface area contributed by atoms with Crippen molar-refractivity contribution in [1.29, 1.82) is 0 Å². The average molecular weight is 314 g/mol. The molecule has 1 unspecified atom stereocenters. The van der Waals surface area contributed by atoms with Crippen molar-refractivity contribution in [3.63, 3.8) is 0 Å². The van der Waals surface area contributed by atoms with Gasteiger partial charge in [-0.3, -0.25) is 0 Å². The van der Waals surface area contributed by atoms with E-state index in [9.17, 15) is 13.5 Å². The van der Waals surface area contributed by atoms with Gasteiger partial charge >= 0.3 is 0 Å². The first kappa shape index (κ1) is 17.9. The molecular weight excluding hydrogens is 288 g/mol. The number of benzene rings is 1. The van der Waals surface area contributed by atoms with Gasteiger partial charge in [-0.1, -0.05) is 33.6 Å². The maximum Gasteiger partial charge on any atom is 0.240 e. The lowest BCUT2D eigenvalue weighted by Crippen LogP contribution is -2.27. The van der Waals surface area contributed by atoms with E-state index in [1.807, 2.05) is 0 Å². The van der Waals surface area contributed by atoms with Gasteiger partial charge in [0.25, 0.3) is 0 Å². The molecule has 0 spiro atoms. The minimum Gasteiger partial charge on any atom is -0.391 e. The number of hydrogen-bond donors (Lipinski definition) is 3. The van der Waals surface area contributed by atoms with Crippen LogP contribution < -0.4 is 10.0 Å². The van der Waals surface area contributed by atoms with Crippen molar-refractivity contribution in [3.05, 3.63) is 24.3 Å². The van der Waals surface area contributed by atoms with E-state index >= 15 is 0 Å². The van der Waals surface area contributed by atoms with Gasteiger partial charge in [0.1, 0.15) is 0 Å². The minimum atomic E-state index is -3.41. The van der Waals surface area contributed by atoms with Crippen molar-refractivity contribution in [1.82, 2.24) is 4.72 Å². The zero-order valence-corrected chi connectivity index (χ0v) is 13.8. The molecule has 1 aromatic carbocycles. The molecule has 0 saturated heterocycles. The van der Waals surface area contributed by atoms with Gasteiger partial charge in [-0.25, -0.2) is 13.1 Å². The maximum atomic E-state index is 11.8. The van der Waals surface area contributed by atoms with Gasteiger partial charge in [0, 0.05) is 18.8 Å². The molecule has 120 valence electrons. The maximum absolute atomic E-state index is 11.8. The third-order valence-corrected chi connectivity index (χ3v) is 5.17. The molecule has 0 aromatic heterocycles. The summed E-state index contributed by atoms with van der Waals surface area (Å²) in [4.78, 5) is 0.246. The number of sulfonamides is 1. The quantitative estimate of drug-likeness (QED) is 0.653. The highest BCUT2D eigenvalue weighted by atomic mass is 32.2. The topological polar surface area (TPSA) is 78.4 Å². The lowest BCUT2D eigenvalue weighted by molar-refractivity contribution is 0.114. The highest BCUT2D eigenvalue weighted by Crippen LogP contribution is 2.16. The smallest absolute Gasteiger partial charge is 0.240 e. The van der Waals surface area contributed by atoms with Crippen LogP contribution in [0.4, 0.5) is 5.69 Å². The molecule has 6 heteroatoms. The first-order chi connectivity index (χ1) is 9.94. The van der Waals surface area contributed by atoms with E-state index in [2.05, 4.69) is 23.9 Å². The van der Waals surface area contributed by atoms with Gasteiger partial charge < -0.3 is 10.4 Å². The summed E-state index contributed by atoms with van der Waals surface area (Å²) in [6.07, 6.45) is 1.49. The molecule has 0 amide bonds. The summed E-state index contributed by atoms with van der Waals surface area (Å²) in [6.45, 7) is 6.71. The van der Waals surface area contributed by atoms with Crippen LogP contribution in [0.1, 0.15) is 33.6 Å². The van der Waals surface area contributed by atoms with Gasteiger partial charge in [-0.05, 0) is 30.2 Å². The molecule has 0 aliphatic rings. The van der Waals surface area contributed by atoms with Gasteiger partial charge in [0.15, 0.2) is 0 Å². The van der Waals surface area contributed by atoms with E-state index in [0.717, 1.165) is 18.5 Å². The Balaban J connectivity index is 2.63. The Hall–Kier alpha value is -1.11.